The second kappa shape index (κ2) is 5.52. The van der Waals surface area contributed by atoms with Gasteiger partial charge in [-0.2, -0.15) is 13.2 Å². The van der Waals surface area contributed by atoms with Crippen molar-refractivity contribution in [1.82, 2.24) is 15.5 Å². The first-order chi connectivity index (χ1) is 13.6. The number of benzene rings is 1. The van der Waals surface area contributed by atoms with Crippen LogP contribution in [0.3, 0.4) is 0 Å². The Labute approximate surface area is 162 Å². The lowest BCUT2D eigenvalue weighted by atomic mass is 9.66. The highest BCUT2D eigenvalue weighted by molar-refractivity contribution is 6.08. The van der Waals surface area contributed by atoms with E-state index in [1.807, 2.05) is 0 Å². The highest BCUT2D eigenvalue weighted by atomic mass is 19.4. The van der Waals surface area contributed by atoms with E-state index < -0.39 is 34.6 Å². The van der Waals surface area contributed by atoms with Crippen LogP contribution in [0.5, 0.6) is 0 Å². The zero-order valence-corrected chi connectivity index (χ0v) is 15.1. The molecule has 4 amide bonds. The number of carbonyl (C=O) groups is 3. The molecule has 0 bridgehead atoms. The van der Waals surface area contributed by atoms with Gasteiger partial charge in [0, 0.05) is 23.9 Å². The van der Waals surface area contributed by atoms with Gasteiger partial charge >= 0.3 is 12.2 Å². The van der Waals surface area contributed by atoms with Crippen molar-refractivity contribution in [2.45, 2.75) is 31.0 Å². The Morgan fingerprint density at radius 2 is 1.90 bits per heavy atom. The largest absolute Gasteiger partial charge is 0.451 e. The average molecular weight is 407 g/mol. The molecule has 1 saturated carbocycles. The van der Waals surface area contributed by atoms with Crippen LogP contribution in [0.25, 0.3) is 11.0 Å². The first kappa shape index (κ1) is 18.0. The molecule has 10 heteroatoms. The van der Waals surface area contributed by atoms with Gasteiger partial charge in [0.1, 0.15) is 11.1 Å². The van der Waals surface area contributed by atoms with Gasteiger partial charge in [0.2, 0.25) is 0 Å². The Morgan fingerprint density at radius 3 is 2.55 bits per heavy atom. The van der Waals surface area contributed by atoms with Crippen LogP contribution in [0.15, 0.2) is 28.7 Å². The molecule has 152 valence electrons. The van der Waals surface area contributed by atoms with Crippen LogP contribution in [0.2, 0.25) is 0 Å². The number of imide groups is 1. The number of hydrogen-bond acceptors (Lipinski definition) is 4. The van der Waals surface area contributed by atoms with Gasteiger partial charge in [-0.05, 0) is 43.5 Å². The van der Waals surface area contributed by atoms with E-state index in [0.717, 1.165) is 18.6 Å². The number of fused-ring (bicyclic) bond motifs is 2. The summed E-state index contributed by atoms with van der Waals surface area (Å²) in [6.07, 6.45) is -2.53. The molecule has 2 spiro atoms. The van der Waals surface area contributed by atoms with Crippen molar-refractivity contribution in [1.29, 1.82) is 0 Å². The normalized spacial score (nSPS) is 25.6. The van der Waals surface area contributed by atoms with Crippen molar-refractivity contribution in [3.8, 4) is 0 Å². The number of nitrogens with one attached hydrogen (secondary N) is 2. The van der Waals surface area contributed by atoms with Crippen LogP contribution in [0.1, 0.15) is 35.4 Å². The van der Waals surface area contributed by atoms with Crippen LogP contribution in [-0.4, -0.2) is 41.4 Å². The SMILES string of the molecule is O=C1NC(=O)C2(CCCC23CN(C(=O)c2cc4cc(C(F)(F)F)ccc4o2)C3)N1. The van der Waals surface area contributed by atoms with E-state index in [1.165, 1.54) is 17.0 Å². The summed E-state index contributed by atoms with van der Waals surface area (Å²) in [5.74, 6) is -0.871. The fourth-order valence-electron chi connectivity index (χ4n) is 4.95. The topological polar surface area (TPSA) is 91.7 Å². The first-order valence-electron chi connectivity index (χ1n) is 9.17. The summed E-state index contributed by atoms with van der Waals surface area (Å²) >= 11 is 0. The number of halogens is 3. The van der Waals surface area contributed by atoms with Crippen molar-refractivity contribution >= 4 is 28.8 Å². The van der Waals surface area contributed by atoms with Gasteiger partial charge in [-0.1, -0.05) is 0 Å². The first-order valence-corrected chi connectivity index (χ1v) is 9.17. The molecular weight excluding hydrogens is 391 g/mol. The van der Waals surface area contributed by atoms with Gasteiger partial charge in [0.25, 0.3) is 11.8 Å². The average Bonchev–Trinajstić information content (AvgIpc) is 3.27. The molecule has 3 aliphatic rings. The zero-order valence-electron chi connectivity index (χ0n) is 15.1. The maximum atomic E-state index is 12.9. The molecule has 1 atom stereocenters. The van der Waals surface area contributed by atoms with Gasteiger partial charge in [0.05, 0.1) is 5.56 Å². The van der Waals surface area contributed by atoms with E-state index in [1.54, 1.807) is 0 Å². The van der Waals surface area contributed by atoms with E-state index in [9.17, 15) is 27.6 Å². The molecule has 7 nitrogen and oxygen atoms in total. The number of furan rings is 1. The lowest BCUT2D eigenvalue weighted by molar-refractivity contribution is -0.137. The minimum atomic E-state index is -4.48. The van der Waals surface area contributed by atoms with Crippen LogP contribution in [-0.2, 0) is 11.0 Å². The fraction of sp³-hybridized carbons (Fsp3) is 0.421. The maximum Gasteiger partial charge on any atom is 0.416 e. The Hall–Kier alpha value is -3.04. The van der Waals surface area contributed by atoms with Crippen LogP contribution < -0.4 is 10.6 Å². The minimum absolute atomic E-state index is 0.0545. The van der Waals surface area contributed by atoms with Crippen LogP contribution >= 0.6 is 0 Å². The third-order valence-corrected chi connectivity index (χ3v) is 6.38. The third kappa shape index (κ3) is 2.41. The molecule has 1 unspecified atom stereocenters. The molecule has 5 rings (SSSR count). The van der Waals surface area contributed by atoms with Gasteiger partial charge in [-0.3, -0.25) is 14.9 Å². The van der Waals surface area contributed by atoms with E-state index in [2.05, 4.69) is 10.6 Å². The van der Waals surface area contributed by atoms with Crippen LogP contribution in [0, 0.1) is 5.41 Å². The standard InChI is InChI=1S/C19H16F3N3O4/c20-19(21,22)11-2-3-12-10(6-11)7-13(29-12)14(26)25-8-17(9-25)4-1-5-18(17)15(27)23-16(28)24-18/h2-3,6-7H,1,4-5,8-9H2,(H2,23,24,27,28). The zero-order chi connectivity index (χ0) is 20.6. The second-order valence-corrected chi connectivity index (χ2v) is 7.97. The Kier molecular flexibility index (Phi) is 3.43. The monoisotopic (exact) mass is 407 g/mol. The van der Waals surface area contributed by atoms with E-state index in [4.69, 9.17) is 4.42 Å². The fourth-order valence-corrected chi connectivity index (χ4v) is 4.95. The van der Waals surface area contributed by atoms with Crippen molar-refractivity contribution in [2.75, 3.05) is 13.1 Å². The summed E-state index contributed by atoms with van der Waals surface area (Å²) in [7, 11) is 0. The number of urea groups is 1. The second-order valence-electron chi connectivity index (χ2n) is 7.97. The van der Waals surface area contributed by atoms with E-state index >= 15 is 0 Å². The number of carbonyl (C=O) groups excluding carboxylic acids is 3. The highest BCUT2D eigenvalue weighted by Crippen LogP contribution is 2.53. The van der Waals surface area contributed by atoms with E-state index in [0.29, 0.717) is 12.8 Å². The molecule has 2 aliphatic heterocycles. The third-order valence-electron chi connectivity index (χ3n) is 6.38. The Morgan fingerprint density at radius 1 is 1.14 bits per heavy atom. The van der Waals surface area contributed by atoms with Crippen molar-refractivity contribution < 1.29 is 32.0 Å². The molecule has 1 aliphatic carbocycles. The summed E-state index contributed by atoms with van der Waals surface area (Å²) < 4.78 is 44.1. The molecule has 2 N–H and O–H groups in total. The number of alkyl halides is 3. The van der Waals surface area contributed by atoms with E-state index in [-0.39, 0.29) is 35.7 Å². The number of likely N-dealkylation sites (tertiary alicyclic amines) is 1. The number of hydrogen-bond donors (Lipinski definition) is 2. The summed E-state index contributed by atoms with van der Waals surface area (Å²) in [5.41, 5.74) is -2.16. The molecule has 3 heterocycles. The lowest BCUT2D eigenvalue weighted by Gasteiger charge is -2.54. The maximum absolute atomic E-state index is 12.9. The quantitative estimate of drug-likeness (QED) is 0.711. The smallest absolute Gasteiger partial charge is 0.416 e. The number of amides is 4. The van der Waals surface area contributed by atoms with Crippen molar-refractivity contribution in [3.63, 3.8) is 0 Å². The molecule has 3 fully saturated rings. The van der Waals surface area contributed by atoms with Gasteiger partial charge in [0.15, 0.2) is 5.76 Å². The minimum Gasteiger partial charge on any atom is -0.451 e. The molecule has 1 aromatic heterocycles. The van der Waals surface area contributed by atoms with Crippen molar-refractivity contribution in [2.24, 2.45) is 5.41 Å². The molecule has 2 aromatic rings. The molecule has 0 radical (unpaired) electrons. The predicted octanol–water partition coefficient (Wildman–Crippen LogP) is 2.66. The number of rotatable bonds is 1. The molecule has 1 aromatic carbocycles. The molecular formula is C19H16F3N3O4. The summed E-state index contributed by atoms with van der Waals surface area (Å²) in [4.78, 5) is 38.3. The summed E-state index contributed by atoms with van der Waals surface area (Å²) in [6, 6.07) is 3.81. The van der Waals surface area contributed by atoms with Crippen molar-refractivity contribution in [3.05, 3.63) is 35.6 Å². The Bertz CT molecular complexity index is 1070. The number of nitrogens with zero attached hydrogens (tertiary/aromatic N) is 1. The summed E-state index contributed by atoms with van der Waals surface area (Å²) in [5, 5.41) is 5.22. The van der Waals surface area contributed by atoms with Crippen LogP contribution in [0.4, 0.5) is 18.0 Å². The molecule has 29 heavy (non-hydrogen) atoms. The Balaban J connectivity index is 1.38. The van der Waals surface area contributed by atoms with Gasteiger partial charge in [-0.15, -0.1) is 0 Å². The molecule has 2 saturated heterocycles. The summed E-state index contributed by atoms with van der Waals surface area (Å²) in [6.45, 7) is 0.536. The van der Waals surface area contributed by atoms with Gasteiger partial charge in [-0.25, -0.2) is 4.79 Å². The highest BCUT2D eigenvalue weighted by Gasteiger charge is 2.68. The predicted molar refractivity (Wildman–Crippen MR) is 92.8 cm³/mol. The van der Waals surface area contributed by atoms with Gasteiger partial charge < -0.3 is 14.6 Å². The lowest BCUT2D eigenvalue weighted by Crippen LogP contribution is -2.71.